The van der Waals surface area contributed by atoms with Crippen molar-refractivity contribution in [3.63, 3.8) is 0 Å². The van der Waals surface area contributed by atoms with Crippen LogP contribution in [-0.4, -0.2) is 49.9 Å². The fourth-order valence-corrected chi connectivity index (χ4v) is 7.26. The first-order chi connectivity index (χ1) is 28.4. The number of unbranched alkanes of at least 4 members (excludes halogenated alkanes) is 22. The highest BCUT2D eigenvalue weighted by molar-refractivity contribution is 7.47. The molecule has 0 bridgehead atoms. The molecule has 2 unspecified atom stereocenters. The van der Waals surface area contributed by atoms with E-state index >= 15 is 0 Å². The van der Waals surface area contributed by atoms with Crippen molar-refractivity contribution in [2.24, 2.45) is 5.73 Å². The Morgan fingerprint density at radius 2 is 0.966 bits per heavy atom. The van der Waals surface area contributed by atoms with Gasteiger partial charge in [-0.2, -0.15) is 0 Å². The Bertz CT molecular complexity index is 1070. The molecule has 0 radical (unpaired) electrons. The molecule has 0 saturated heterocycles. The summed E-state index contributed by atoms with van der Waals surface area (Å²) in [6.07, 6.45) is 56.9. The molecule has 0 aliphatic heterocycles. The van der Waals surface area contributed by atoms with Crippen LogP contribution in [0.25, 0.3) is 0 Å². The zero-order chi connectivity index (χ0) is 42.3. The Morgan fingerprint density at radius 3 is 1.41 bits per heavy atom. The first-order valence-electron chi connectivity index (χ1n) is 23.8. The molecular weight excluding hydrogens is 746 g/mol. The summed E-state index contributed by atoms with van der Waals surface area (Å²) < 4.78 is 33.5. The molecule has 0 rings (SSSR count). The second-order valence-corrected chi connectivity index (χ2v) is 17.1. The molecule has 8 nitrogen and oxygen atoms in total. The van der Waals surface area contributed by atoms with E-state index in [-0.39, 0.29) is 32.3 Å². The molecule has 0 aromatic rings. The molecule has 0 aliphatic carbocycles. The minimum absolute atomic E-state index is 0.0869. The average molecular weight is 836 g/mol. The van der Waals surface area contributed by atoms with Gasteiger partial charge >= 0.3 is 13.8 Å². The van der Waals surface area contributed by atoms with Crippen LogP contribution in [-0.2, 0) is 27.9 Å². The van der Waals surface area contributed by atoms with E-state index in [1.807, 2.05) is 0 Å². The molecule has 0 aromatic carbocycles. The third-order valence-electron chi connectivity index (χ3n) is 9.95. The molecular formula is C49H90NO7P. The first kappa shape index (κ1) is 56.2. The number of phosphoric ester groups is 1. The minimum Gasteiger partial charge on any atom is -0.457 e. The number of allylic oxidation sites excluding steroid dienone is 10. The molecule has 2 atom stereocenters. The second kappa shape index (κ2) is 46.3. The Morgan fingerprint density at radius 1 is 0.534 bits per heavy atom. The summed E-state index contributed by atoms with van der Waals surface area (Å²) in [7, 11) is -4.29. The van der Waals surface area contributed by atoms with Gasteiger partial charge in [-0.15, -0.1) is 0 Å². The van der Waals surface area contributed by atoms with Crippen molar-refractivity contribution < 1.29 is 32.8 Å². The SMILES string of the molecule is CC/C=C\C/C=C\C/C=C\C/C=C\C/C=C\CCCCOCC(COP(=O)(O)OCCN)OC(=O)CCCCCCCCCCCCCCCCCCCCCCC. The maximum absolute atomic E-state index is 12.6. The van der Waals surface area contributed by atoms with Gasteiger partial charge in [-0.05, 0) is 57.8 Å². The highest BCUT2D eigenvalue weighted by Gasteiger charge is 2.25. The lowest BCUT2D eigenvalue weighted by Crippen LogP contribution is -2.28. The number of esters is 1. The molecule has 0 spiro atoms. The van der Waals surface area contributed by atoms with E-state index in [4.69, 9.17) is 24.3 Å². The molecule has 0 fully saturated rings. The first-order valence-corrected chi connectivity index (χ1v) is 25.3. The number of hydrogen-bond donors (Lipinski definition) is 2. The molecule has 9 heteroatoms. The lowest BCUT2D eigenvalue weighted by Gasteiger charge is -2.20. The Balaban J connectivity index is 4.03. The zero-order valence-corrected chi connectivity index (χ0v) is 38.4. The van der Waals surface area contributed by atoms with Crippen LogP contribution < -0.4 is 5.73 Å². The summed E-state index contributed by atoms with van der Waals surface area (Å²) in [5.74, 6) is -0.343. The maximum Gasteiger partial charge on any atom is 0.472 e. The molecule has 58 heavy (non-hydrogen) atoms. The lowest BCUT2D eigenvalue weighted by molar-refractivity contribution is -0.154. The van der Waals surface area contributed by atoms with Crippen LogP contribution in [0, 0.1) is 0 Å². The smallest absolute Gasteiger partial charge is 0.457 e. The second-order valence-electron chi connectivity index (χ2n) is 15.6. The normalized spacial score (nSPS) is 13.9. The van der Waals surface area contributed by atoms with E-state index in [0.717, 1.165) is 70.6 Å². The van der Waals surface area contributed by atoms with E-state index in [1.165, 1.54) is 116 Å². The van der Waals surface area contributed by atoms with Crippen molar-refractivity contribution >= 4 is 13.8 Å². The van der Waals surface area contributed by atoms with Crippen LogP contribution in [0.5, 0.6) is 0 Å². The van der Waals surface area contributed by atoms with Crippen molar-refractivity contribution in [3.05, 3.63) is 60.8 Å². The number of carbonyl (C=O) groups is 1. The minimum atomic E-state index is -4.29. The van der Waals surface area contributed by atoms with Gasteiger partial charge in [0.25, 0.3) is 0 Å². The number of carbonyl (C=O) groups excluding carboxylic acids is 1. The number of phosphoric acid groups is 1. The van der Waals surface area contributed by atoms with Crippen LogP contribution in [0.3, 0.4) is 0 Å². The van der Waals surface area contributed by atoms with Crippen molar-refractivity contribution in [2.75, 3.05) is 33.0 Å². The number of ether oxygens (including phenoxy) is 2. The molecule has 0 aromatic heterocycles. The van der Waals surface area contributed by atoms with Crippen LogP contribution in [0.1, 0.15) is 206 Å². The molecule has 0 aliphatic rings. The topological polar surface area (TPSA) is 117 Å². The summed E-state index contributed by atoms with van der Waals surface area (Å²) in [5.41, 5.74) is 5.38. The molecule has 0 heterocycles. The summed E-state index contributed by atoms with van der Waals surface area (Å²) >= 11 is 0. The Kier molecular flexibility index (Phi) is 44.8. The van der Waals surface area contributed by atoms with Crippen LogP contribution in [0.15, 0.2) is 60.8 Å². The van der Waals surface area contributed by atoms with Crippen molar-refractivity contribution in [1.82, 2.24) is 0 Å². The van der Waals surface area contributed by atoms with E-state index in [9.17, 15) is 14.3 Å². The number of rotatable bonds is 45. The third kappa shape index (κ3) is 45.3. The molecule has 338 valence electrons. The number of hydrogen-bond acceptors (Lipinski definition) is 7. The Hall–Kier alpha value is -1.80. The van der Waals surface area contributed by atoms with Gasteiger partial charge in [-0.1, -0.05) is 203 Å². The maximum atomic E-state index is 12.6. The third-order valence-corrected chi connectivity index (χ3v) is 10.9. The largest absolute Gasteiger partial charge is 0.472 e. The fourth-order valence-electron chi connectivity index (χ4n) is 6.49. The van der Waals surface area contributed by atoms with Gasteiger partial charge < -0.3 is 20.1 Å². The fraction of sp³-hybridized carbons (Fsp3) is 0.776. The van der Waals surface area contributed by atoms with E-state index in [1.54, 1.807) is 0 Å². The van der Waals surface area contributed by atoms with Crippen LogP contribution >= 0.6 is 7.82 Å². The van der Waals surface area contributed by atoms with Crippen molar-refractivity contribution in [3.8, 4) is 0 Å². The van der Waals surface area contributed by atoms with Gasteiger partial charge in [0, 0.05) is 19.6 Å². The van der Waals surface area contributed by atoms with Crippen LogP contribution in [0.2, 0.25) is 0 Å². The molecule has 0 amide bonds. The summed E-state index contributed by atoms with van der Waals surface area (Å²) in [5, 5.41) is 0. The van der Waals surface area contributed by atoms with Gasteiger partial charge in [0.05, 0.1) is 19.8 Å². The van der Waals surface area contributed by atoms with Gasteiger partial charge in [0.1, 0.15) is 6.10 Å². The predicted molar refractivity (Wildman–Crippen MR) is 247 cm³/mol. The quantitative estimate of drug-likeness (QED) is 0.0269. The zero-order valence-electron chi connectivity index (χ0n) is 37.5. The molecule has 0 saturated carbocycles. The van der Waals surface area contributed by atoms with Crippen molar-refractivity contribution in [2.45, 2.75) is 213 Å². The summed E-state index contributed by atoms with van der Waals surface area (Å²) in [6.45, 7) is 4.72. The van der Waals surface area contributed by atoms with Crippen LogP contribution in [0.4, 0.5) is 0 Å². The van der Waals surface area contributed by atoms with E-state index in [2.05, 4.69) is 74.6 Å². The summed E-state index contributed by atoms with van der Waals surface area (Å²) in [6, 6.07) is 0. The molecule has 3 N–H and O–H groups in total. The lowest BCUT2D eigenvalue weighted by atomic mass is 10.0. The average Bonchev–Trinajstić information content (AvgIpc) is 3.21. The monoisotopic (exact) mass is 836 g/mol. The predicted octanol–water partition coefficient (Wildman–Crippen LogP) is 14.5. The Labute approximate surface area is 357 Å². The van der Waals surface area contributed by atoms with E-state index in [0.29, 0.717) is 13.0 Å². The summed E-state index contributed by atoms with van der Waals surface area (Å²) in [4.78, 5) is 22.5. The van der Waals surface area contributed by atoms with Gasteiger partial charge in [0.2, 0.25) is 0 Å². The van der Waals surface area contributed by atoms with E-state index < -0.39 is 13.9 Å². The number of nitrogens with two attached hydrogens (primary N) is 1. The van der Waals surface area contributed by atoms with Gasteiger partial charge in [-0.25, -0.2) is 4.57 Å². The highest BCUT2D eigenvalue weighted by Crippen LogP contribution is 2.43. The van der Waals surface area contributed by atoms with Gasteiger partial charge in [-0.3, -0.25) is 13.8 Å². The highest BCUT2D eigenvalue weighted by atomic mass is 31.2. The van der Waals surface area contributed by atoms with Crippen molar-refractivity contribution in [1.29, 1.82) is 0 Å². The van der Waals surface area contributed by atoms with Gasteiger partial charge in [0.15, 0.2) is 0 Å². The standard InChI is InChI=1S/C49H90NO7P/c1-3-5-7-9-11-13-15-17-19-21-23-24-25-26-28-30-32-34-36-38-40-42-49(51)57-48(47-56-58(52,53)55-45-43-50)46-54-44-41-39-37-35-33-31-29-27-22-20-18-16-14-12-10-8-6-4-2/h6,8,12,14,18,20,27,29,33,35,48H,3-5,7,9-11,13,15-17,19,21-26,28,30-32,34,36-47,50H2,1-2H3,(H,52,53)/b8-6-,14-12-,20-18-,29-27-,35-33-.